The van der Waals surface area contributed by atoms with E-state index in [-0.39, 0.29) is 22.1 Å². The highest BCUT2D eigenvalue weighted by Crippen LogP contribution is 2.47. The first-order chi connectivity index (χ1) is 8.00. The molecule has 0 bridgehead atoms. The minimum absolute atomic E-state index is 0.0184. The van der Waals surface area contributed by atoms with Crippen LogP contribution < -0.4 is 0 Å². The number of fused-ring (bicyclic) bond motifs is 1. The number of nitrogens with zero attached hydrogens (tertiary/aromatic N) is 1. The van der Waals surface area contributed by atoms with Gasteiger partial charge in [-0.1, -0.05) is 11.8 Å². The van der Waals surface area contributed by atoms with Crippen LogP contribution in [0.15, 0.2) is 10.6 Å². The molecule has 1 saturated heterocycles. The maximum atomic E-state index is 11.3. The van der Waals surface area contributed by atoms with E-state index in [1.54, 1.807) is 0 Å². The van der Waals surface area contributed by atoms with Gasteiger partial charge in [0.25, 0.3) is 0 Å². The van der Waals surface area contributed by atoms with Gasteiger partial charge in [0.2, 0.25) is 5.91 Å². The highest BCUT2D eigenvalue weighted by atomic mass is 32.2. The maximum absolute atomic E-state index is 11.3. The van der Waals surface area contributed by atoms with E-state index in [1.807, 2.05) is 0 Å². The van der Waals surface area contributed by atoms with E-state index in [9.17, 15) is 14.4 Å². The summed E-state index contributed by atoms with van der Waals surface area (Å²) in [5.41, 5.74) is 0.111. The molecule has 0 radical (unpaired) electrons. The zero-order valence-corrected chi connectivity index (χ0v) is 10.8. The van der Waals surface area contributed by atoms with Crippen molar-refractivity contribution in [3.05, 3.63) is 10.6 Å². The second-order valence-electron chi connectivity index (χ2n) is 3.71. The quantitative estimate of drug-likeness (QED) is 0.777. The summed E-state index contributed by atoms with van der Waals surface area (Å²) in [6.45, 7) is 1.48. The second kappa shape index (κ2) is 4.73. The zero-order valence-electron chi connectivity index (χ0n) is 9.13. The third-order valence-electron chi connectivity index (χ3n) is 2.53. The van der Waals surface area contributed by atoms with E-state index in [4.69, 9.17) is 5.11 Å². The fraction of sp³-hybridized carbons (Fsp3) is 0.500. The Labute approximate surface area is 107 Å². The number of thioether (sulfide) groups is 2. The number of hydrogen-bond donors (Lipinski definition) is 1. The molecule has 1 atom stereocenters. The summed E-state index contributed by atoms with van der Waals surface area (Å²) < 4.78 is 0. The Morgan fingerprint density at radius 1 is 1.59 bits per heavy atom. The molecule has 2 heterocycles. The monoisotopic (exact) mass is 273 g/mol. The third kappa shape index (κ3) is 2.35. The molecule has 5 nitrogen and oxygen atoms in total. The number of carboxylic acid groups (broad SMARTS) is 1. The summed E-state index contributed by atoms with van der Waals surface area (Å²) in [6, 6.07) is 0. The average Bonchev–Trinajstić information content (AvgIpc) is 2.50. The molecule has 1 unspecified atom stereocenters. The topological polar surface area (TPSA) is 74.7 Å². The standard InChI is InChI=1S/C10H11NO4S2/c1-5(12)16-3-2-6-9(10(14)15)11-7(13)4-8(11)17-6/h8H,2-4H2,1H3,(H,14,15). The Morgan fingerprint density at radius 3 is 2.82 bits per heavy atom. The lowest BCUT2D eigenvalue weighted by molar-refractivity contribution is -0.145. The van der Waals surface area contributed by atoms with Crippen LogP contribution in [0.25, 0.3) is 0 Å². The highest BCUT2D eigenvalue weighted by molar-refractivity contribution is 8.13. The van der Waals surface area contributed by atoms with E-state index in [2.05, 4.69) is 0 Å². The predicted molar refractivity (Wildman–Crippen MR) is 65.3 cm³/mol. The van der Waals surface area contributed by atoms with Gasteiger partial charge in [-0.2, -0.15) is 0 Å². The number of hydrogen-bond acceptors (Lipinski definition) is 5. The van der Waals surface area contributed by atoms with E-state index < -0.39 is 5.97 Å². The molecule has 92 valence electrons. The fourth-order valence-electron chi connectivity index (χ4n) is 1.79. The van der Waals surface area contributed by atoms with Crippen LogP contribution in [-0.2, 0) is 14.4 Å². The number of carboxylic acids is 1. The molecule has 2 aliphatic rings. The third-order valence-corrected chi connectivity index (χ3v) is 4.67. The predicted octanol–water partition coefficient (Wildman–Crippen LogP) is 1.26. The van der Waals surface area contributed by atoms with E-state index in [0.29, 0.717) is 23.5 Å². The Hall–Kier alpha value is -0.950. The van der Waals surface area contributed by atoms with Crippen LogP contribution in [-0.4, -0.2) is 38.1 Å². The molecule has 0 aromatic carbocycles. The van der Waals surface area contributed by atoms with Crippen molar-refractivity contribution in [2.45, 2.75) is 25.1 Å². The molecule has 0 aromatic rings. The molecule has 2 rings (SSSR count). The Morgan fingerprint density at radius 2 is 2.29 bits per heavy atom. The molecule has 0 aliphatic carbocycles. The summed E-state index contributed by atoms with van der Waals surface area (Å²) in [7, 11) is 0. The number of carbonyl (C=O) groups excluding carboxylic acids is 2. The smallest absolute Gasteiger partial charge is 0.353 e. The van der Waals surface area contributed by atoms with Gasteiger partial charge in [0.05, 0.1) is 11.8 Å². The van der Waals surface area contributed by atoms with Crippen molar-refractivity contribution in [2.75, 3.05) is 5.75 Å². The van der Waals surface area contributed by atoms with Crippen molar-refractivity contribution >= 4 is 40.5 Å². The number of rotatable bonds is 4. The van der Waals surface area contributed by atoms with E-state index in [0.717, 1.165) is 0 Å². The Bertz CT molecular complexity index is 432. The van der Waals surface area contributed by atoms with Gasteiger partial charge in [0.15, 0.2) is 5.12 Å². The Balaban J connectivity index is 2.07. The summed E-state index contributed by atoms with van der Waals surface area (Å²) in [6.07, 6.45) is 0.932. The fourth-order valence-corrected chi connectivity index (χ4v) is 3.91. The lowest BCUT2D eigenvalue weighted by atomic mass is 10.1. The van der Waals surface area contributed by atoms with Gasteiger partial charge in [0, 0.05) is 17.6 Å². The number of allylic oxidation sites excluding steroid dienone is 1. The molecule has 17 heavy (non-hydrogen) atoms. The van der Waals surface area contributed by atoms with E-state index >= 15 is 0 Å². The van der Waals surface area contributed by atoms with Crippen molar-refractivity contribution in [1.29, 1.82) is 0 Å². The normalized spacial score (nSPS) is 22.5. The van der Waals surface area contributed by atoms with Crippen molar-refractivity contribution in [3.8, 4) is 0 Å². The summed E-state index contributed by atoms with van der Waals surface area (Å²) >= 11 is 2.60. The summed E-state index contributed by atoms with van der Waals surface area (Å²) in [5, 5.41) is 9.08. The van der Waals surface area contributed by atoms with Crippen molar-refractivity contribution < 1.29 is 19.5 Å². The molecular formula is C10H11NO4S2. The molecular weight excluding hydrogens is 262 g/mol. The summed E-state index contributed by atoms with van der Waals surface area (Å²) in [4.78, 5) is 35.3. The molecule has 2 aliphatic heterocycles. The van der Waals surface area contributed by atoms with Gasteiger partial charge >= 0.3 is 5.97 Å². The zero-order chi connectivity index (χ0) is 12.6. The lowest BCUT2D eigenvalue weighted by Gasteiger charge is -2.33. The van der Waals surface area contributed by atoms with Gasteiger partial charge in [-0.05, 0) is 6.42 Å². The first-order valence-corrected chi connectivity index (χ1v) is 6.95. The number of β-lactam (4-membered cyclic amide) rings is 1. The SMILES string of the molecule is CC(=O)SCCC1=C(C(=O)O)N2C(=O)CC2S1. The Kier molecular flexibility index (Phi) is 3.48. The second-order valence-corrected chi connectivity index (χ2v) is 6.25. The van der Waals surface area contributed by atoms with Gasteiger partial charge in [-0.3, -0.25) is 14.5 Å². The highest BCUT2D eigenvalue weighted by Gasteiger charge is 2.47. The first-order valence-electron chi connectivity index (χ1n) is 5.09. The van der Waals surface area contributed by atoms with Gasteiger partial charge in [-0.25, -0.2) is 4.79 Å². The minimum Gasteiger partial charge on any atom is -0.477 e. The molecule has 7 heteroatoms. The molecule has 0 aromatic heterocycles. The van der Waals surface area contributed by atoms with Crippen LogP contribution in [0.2, 0.25) is 0 Å². The first kappa shape index (κ1) is 12.5. The minimum atomic E-state index is -1.06. The van der Waals surface area contributed by atoms with Crippen LogP contribution >= 0.6 is 23.5 Å². The van der Waals surface area contributed by atoms with Crippen LogP contribution in [0.4, 0.5) is 0 Å². The largest absolute Gasteiger partial charge is 0.477 e. The average molecular weight is 273 g/mol. The maximum Gasteiger partial charge on any atom is 0.353 e. The van der Waals surface area contributed by atoms with Gasteiger partial charge in [0.1, 0.15) is 5.70 Å². The van der Waals surface area contributed by atoms with Crippen LogP contribution in [0.5, 0.6) is 0 Å². The lowest BCUT2D eigenvalue weighted by Crippen LogP contribution is -2.48. The van der Waals surface area contributed by atoms with Crippen LogP contribution in [0.1, 0.15) is 19.8 Å². The van der Waals surface area contributed by atoms with Crippen molar-refractivity contribution in [1.82, 2.24) is 4.90 Å². The van der Waals surface area contributed by atoms with E-state index in [1.165, 1.54) is 35.3 Å². The molecule has 0 saturated carbocycles. The van der Waals surface area contributed by atoms with Crippen molar-refractivity contribution in [2.24, 2.45) is 0 Å². The molecule has 1 N–H and O–H groups in total. The van der Waals surface area contributed by atoms with Crippen LogP contribution in [0.3, 0.4) is 0 Å². The number of amides is 1. The number of carbonyl (C=O) groups is 3. The van der Waals surface area contributed by atoms with Crippen molar-refractivity contribution in [3.63, 3.8) is 0 Å². The summed E-state index contributed by atoms with van der Waals surface area (Å²) in [5.74, 6) is -0.631. The van der Waals surface area contributed by atoms with Crippen LogP contribution in [0, 0.1) is 0 Å². The molecule has 1 amide bonds. The molecule has 1 fully saturated rings. The van der Waals surface area contributed by atoms with Gasteiger partial charge in [-0.15, -0.1) is 11.8 Å². The van der Waals surface area contributed by atoms with Gasteiger partial charge < -0.3 is 5.11 Å². The molecule has 0 spiro atoms. The number of aliphatic carboxylic acids is 1.